The summed E-state index contributed by atoms with van der Waals surface area (Å²) in [5.41, 5.74) is 3.09. The number of rotatable bonds is 3. The van der Waals surface area contributed by atoms with Gasteiger partial charge in [-0.1, -0.05) is 25.4 Å². The van der Waals surface area contributed by atoms with Crippen LogP contribution in [0.25, 0.3) is 5.57 Å². The smallest absolute Gasteiger partial charge is 0.146 e. The highest BCUT2D eigenvalue weighted by molar-refractivity contribution is 6.30. The van der Waals surface area contributed by atoms with Crippen molar-refractivity contribution in [3.8, 4) is 5.75 Å². The van der Waals surface area contributed by atoms with Crippen molar-refractivity contribution in [2.45, 2.75) is 33.1 Å². The van der Waals surface area contributed by atoms with Crippen LogP contribution >= 0.6 is 11.6 Å². The largest absolute Gasteiger partial charge is 0.496 e. The van der Waals surface area contributed by atoms with Crippen LogP contribution in [0.4, 0.5) is 0 Å². The Balaban J connectivity index is 2.53. The molecule has 1 aromatic rings. The minimum Gasteiger partial charge on any atom is -0.496 e. The first-order chi connectivity index (χ1) is 8.96. The van der Waals surface area contributed by atoms with Gasteiger partial charge in [0.2, 0.25) is 0 Å². The molecular formula is C16H19ClO2. The molecule has 0 N–H and O–H groups in total. The lowest BCUT2D eigenvalue weighted by atomic mass is 9.73. The molecule has 2 nitrogen and oxygen atoms in total. The minimum atomic E-state index is 0.186. The fourth-order valence-corrected chi connectivity index (χ4v) is 2.84. The lowest BCUT2D eigenvalue weighted by Gasteiger charge is -2.32. The summed E-state index contributed by atoms with van der Waals surface area (Å²) in [5.74, 6) is 0.776. The molecule has 19 heavy (non-hydrogen) atoms. The number of allylic oxidation sites excluding steroid dienone is 2. The van der Waals surface area contributed by atoms with Gasteiger partial charge in [-0.3, -0.25) is 4.79 Å². The van der Waals surface area contributed by atoms with Gasteiger partial charge in [0.05, 0.1) is 7.11 Å². The van der Waals surface area contributed by atoms with Crippen molar-refractivity contribution in [3.05, 3.63) is 34.4 Å². The van der Waals surface area contributed by atoms with Gasteiger partial charge in [-0.15, -0.1) is 0 Å². The first-order valence-electron chi connectivity index (χ1n) is 6.48. The molecule has 0 fully saturated rings. The number of aldehydes is 1. The van der Waals surface area contributed by atoms with E-state index in [-0.39, 0.29) is 5.41 Å². The highest BCUT2D eigenvalue weighted by atomic mass is 35.5. The zero-order valence-electron chi connectivity index (χ0n) is 11.6. The second-order valence-corrected chi connectivity index (χ2v) is 6.24. The average molecular weight is 279 g/mol. The number of carbonyl (C=O) groups excluding carboxylic acids is 1. The van der Waals surface area contributed by atoms with E-state index in [9.17, 15) is 4.79 Å². The molecule has 0 bridgehead atoms. The molecule has 1 aromatic carbocycles. The molecule has 0 heterocycles. The molecule has 3 heteroatoms. The second kappa shape index (κ2) is 5.38. The van der Waals surface area contributed by atoms with E-state index in [1.807, 2.05) is 12.1 Å². The van der Waals surface area contributed by atoms with Gasteiger partial charge in [-0.25, -0.2) is 0 Å². The third-order valence-corrected chi connectivity index (χ3v) is 3.97. The van der Waals surface area contributed by atoms with E-state index in [4.69, 9.17) is 16.3 Å². The average Bonchev–Trinajstić information content (AvgIpc) is 2.37. The van der Waals surface area contributed by atoms with Crippen molar-refractivity contribution in [1.29, 1.82) is 0 Å². The van der Waals surface area contributed by atoms with E-state index in [2.05, 4.69) is 13.8 Å². The third-order valence-electron chi connectivity index (χ3n) is 3.74. The molecule has 2 rings (SSSR count). The van der Waals surface area contributed by atoms with Crippen molar-refractivity contribution in [1.82, 2.24) is 0 Å². The topological polar surface area (TPSA) is 26.3 Å². The molecule has 102 valence electrons. The quantitative estimate of drug-likeness (QED) is 0.760. The van der Waals surface area contributed by atoms with E-state index in [0.717, 1.165) is 48.0 Å². The molecule has 0 unspecified atom stereocenters. The molecule has 0 saturated carbocycles. The Hall–Kier alpha value is -1.28. The summed E-state index contributed by atoms with van der Waals surface area (Å²) in [6.07, 6.45) is 3.74. The monoisotopic (exact) mass is 278 g/mol. The predicted molar refractivity (Wildman–Crippen MR) is 78.6 cm³/mol. The minimum absolute atomic E-state index is 0.186. The van der Waals surface area contributed by atoms with E-state index in [1.165, 1.54) is 0 Å². The summed E-state index contributed by atoms with van der Waals surface area (Å²) in [6, 6.07) is 5.54. The van der Waals surface area contributed by atoms with Crippen molar-refractivity contribution in [3.63, 3.8) is 0 Å². The number of methoxy groups -OCH3 is 1. The lowest BCUT2D eigenvalue weighted by Crippen LogP contribution is -2.19. The summed E-state index contributed by atoms with van der Waals surface area (Å²) in [7, 11) is 1.64. The van der Waals surface area contributed by atoms with E-state index >= 15 is 0 Å². The Morgan fingerprint density at radius 2 is 2.11 bits per heavy atom. The van der Waals surface area contributed by atoms with Crippen LogP contribution in [-0.2, 0) is 4.79 Å². The Labute approximate surface area is 119 Å². The van der Waals surface area contributed by atoms with Gasteiger partial charge < -0.3 is 4.74 Å². The Morgan fingerprint density at radius 1 is 1.37 bits per heavy atom. The van der Waals surface area contributed by atoms with Crippen molar-refractivity contribution in [2.75, 3.05) is 7.11 Å². The van der Waals surface area contributed by atoms with Crippen molar-refractivity contribution < 1.29 is 9.53 Å². The van der Waals surface area contributed by atoms with Gasteiger partial charge in [0, 0.05) is 10.6 Å². The standard InChI is InChI=1S/C16H19ClO2/c1-16(2)7-6-13(11(9-16)10-18)14-8-12(17)4-5-15(14)19-3/h4-5,8,10H,6-7,9H2,1-3H3. The highest BCUT2D eigenvalue weighted by Crippen LogP contribution is 2.44. The van der Waals surface area contributed by atoms with Crippen molar-refractivity contribution in [2.24, 2.45) is 5.41 Å². The predicted octanol–water partition coefficient (Wildman–Crippen LogP) is 4.51. The molecule has 0 spiro atoms. The number of hydrogen-bond donors (Lipinski definition) is 0. The first-order valence-corrected chi connectivity index (χ1v) is 6.86. The fraction of sp³-hybridized carbons (Fsp3) is 0.438. The van der Waals surface area contributed by atoms with Crippen LogP contribution in [0.15, 0.2) is 23.8 Å². The maximum absolute atomic E-state index is 11.4. The number of ether oxygens (including phenoxy) is 1. The van der Waals surface area contributed by atoms with E-state index in [0.29, 0.717) is 5.02 Å². The summed E-state index contributed by atoms with van der Waals surface area (Å²) in [5, 5.41) is 0.665. The molecule has 0 amide bonds. The van der Waals surface area contributed by atoms with Crippen LogP contribution in [-0.4, -0.2) is 13.4 Å². The van der Waals surface area contributed by atoms with Gasteiger partial charge in [-0.2, -0.15) is 0 Å². The fourth-order valence-electron chi connectivity index (χ4n) is 2.67. The summed E-state index contributed by atoms with van der Waals surface area (Å²) in [4.78, 5) is 11.4. The summed E-state index contributed by atoms with van der Waals surface area (Å²) < 4.78 is 5.39. The van der Waals surface area contributed by atoms with Crippen LogP contribution < -0.4 is 4.74 Å². The van der Waals surface area contributed by atoms with Crippen molar-refractivity contribution >= 4 is 23.5 Å². The van der Waals surface area contributed by atoms with Gasteiger partial charge in [0.25, 0.3) is 0 Å². The maximum atomic E-state index is 11.4. The number of benzene rings is 1. The van der Waals surface area contributed by atoms with E-state index < -0.39 is 0 Å². The first kappa shape index (κ1) is 14.1. The molecule has 0 radical (unpaired) electrons. The number of hydrogen-bond acceptors (Lipinski definition) is 2. The highest BCUT2D eigenvalue weighted by Gasteiger charge is 2.28. The Morgan fingerprint density at radius 3 is 2.74 bits per heavy atom. The zero-order chi connectivity index (χ0) is 14.0. The Bertz CT molecular complexity index is 530. The van der Waals surface area contributed by atoms with Gasteiger partial charge in [-0.05, 0) is 54.0 Å². The second-order valence-electron chi connectivity index (χ2n) is 5.81. The summed E-state index contributed by atoms with van der Waals surface area (Å²) >= 11 is 6.07. The number of halogens is 1. The van der Waals surface area contributed by atoms with Crippen LogP contribution in [0.1, 0.15) is 38.7 Å². The Kier molecular flexibility index (Phi) is 4.00. The SMILES string of the molecule is COc1ccc(Cl)cc1C1=C(C=O)CC(C)(C)CC1. The van der Waals surface area contributed by atoms with Gasteiger partial charge >= 0.3 is 0 Å². The molecular weight excluding hydrogens is 260 g/mol. The van der Waals surface area contributed by atoms with Gasteiger partial charge in [0.1, 0.15) is 12.0 Å². The third kappa shape index (κ3) is 3.01. The van der Waals surface area contributed by atoms with E-state index in [1.54, 1.807) is 13.2 Å². The molecule has 0 aromatic heterocycles. The molecule has 0 aliphatic heterocycles. The van der Waals surface area contributed by atoms with Crippen LogP contribution in [0.3, 0.4) is 0 Å². The van der Waals surface area contributed by atoms with Crippen LogP contribution in [0, 0.1) is 5.41 Å². The lowest BCUT2D eigenvalue weighted by molar-refractivity contribution is -0.105. The molecule has 0 saturated heterocycles. The number of carbonyl (C=O) groups is 1. The molecule has 1 aliphatic rings. The normalized spacial score (nSPS) is 18.3. The van der Waals surface area contributed by atoms with Gasteiger partial charge in [0.15, 0.2) is 0 Å². The summed E-state index contributed by atoms with van der Waals surface area (Å²) in [6.45, 7) is 4.39. The maximum Gasteiger partial charge on any atom is 0.146 e. The molecule has 1 aliphatic carbocycles. The molecule has 0 atom stereocenters. The zero-order valence-corrected chi connectivity index (χ0v) is 12.4. The van der Waals surface area contributed by atoms with Crippen LogP contribution in [0.2, 0.25) is 5.02 Å². The van der Waals surface area contributed by atoms with Crippen LogP contribution in [0.5, 0.6) is 5.75 Å².